The Bertz CT molecular complexity index is 1580. The molecule has 2 heterocycles. The molecule has 1 unspecified atom stereocenters. The number of rotatable bonds is 2. The van der Waals surface area contributed by atoms with Crippen LogP contribution in [0, 0.1) is 25.7 Å². The lowest BCUT2D eigenvalue weighted by Crippen LogP contribution is -2.50. The number of hydrogen-bond acceptors (Lipinski definition) is 3. The number of nitrogens with one attached hydrogen (secondary N) is 2. The second-order valence-corrected chi connectivity index (χ2v) is 10.6. The minimum atomic E-state index is -0.579. The Morgan fingerprint density at radius 2 is 1.75 bits per heavy atom. The number of aliphatic hydroxyl groups excluding tert-OH is 1. The Labute approximate surface area is 212 Å². The number of aliphatic hydroxyl groups is 1. The maximum absolute atomic E-state index is 11.9. The van der Waals surface area contributed by atoms with Crippen molar-refractivity contribution in [3.8, 4) is 23.0 Å². The van der Waals surface area contributed by atoms with Gasteiger partial charge in [-0.25, -0.2) is 0 Å². The molecule has 0 amide bonds. The molecule has 1 aromatic heterocycles. The fourth-order valence-electron chi connectivity index (χ4n) is 5.46. The molecule has 0 saturated heterocycles. The van der Waals surface area contributed by atoms with E-state index in [1.807, 2.05) is 44.3 Å². The molecule has 3 aromatic carbocycles. The number of H-pyrrole nitrogens is 1. The molecular formula is C32H32N2O2. The summed E-state index contributed by atoms with van der Waals surface area (Å²) in [5.74, 6) is 6.70. The van der Waals surface area contributed by atoms with Crippen LogP contribution in [0.25, 0.3) is 22.0 Å². The van der Waals surface area contributed by atoms with E-state index in [9.17, 15) is 9.90 Å². The van der Waals surface area contributed by atoms with Gasteiger partial charge in [-0.3, -0.25) is 4.79 Å². The summed E-state index contributed by atoms with van der Waals surface area (Å²) in [5.41, 5.74) is 9.46. The van der Waals surface area contributed by atoms with Gasteiger partial charge in [-0.05, 0) is 69.5 Å². The van der Waals surface area contributed by atoms with Crippen molar-refractivity contribution >= 4 is 22.4 Å². The van der Waals surface area contributed by atoms with E-state index in [0.717, 1.165) is 44.6 Å². The molecule has 1 aliphatic heterocycles. The number of carbonyl (C=O) groups is 1. The largest absolute Gasteiger partial charge is 0.390 e. The van der Waals surface area contributed by atoms with Gasteiger partial charge in [0.25, 0.3) is 0 Å². The Morgan fingerprint density at radius 1 is 1.00 bits per heavy atom. The molecule has 36 heavy (non-hydrogen) atoms. The Kier molecular flexibility index (Phi) is 5.77. The third kappa shape index (κ3) is 3.90. The van der Waals surface area contributed by atoms with Crippen LogP contribution in [0.1, 0.15) is 71.8 Å². The number of fused-ring (bicyclic) bond motifs is 2. The van der Waals surface area contributed by atoms with E-state index in [2.05, 4.69) is 67.2 Å². The fraction of sp³-hybridized carbons (Fsp3) is 0.281. The van der Waals surface area contributed by atoms with Crippen molar-refractivity contribution in [2.24, 2.45) is 0 Å². The summed E-state index contributed by atoms with van der Waals surface area (Å²) in [6.07, 6.45) is 1.46. The second-order valence-electron chi connectivity index (χ2n) is 10.6. The van der Waals surface area contributed by atoms with Crippen molar-refractivity contribution in [3.63, 3.8) is 0 Å². The van der Waals surface area contributed by atoms with Gasteiger partial charge in [0, 0.05) is 51.0 Å². The molecule has 4 heteroatoms. The van der Waals surface area contributed by atoms with E-state index in [0.29, 0.717) is 5.56 Å². The summed E-state index contributed by atoms with van der Waals surface area (Å²) in [7, 11) is 0. The number of aromatic nitrogens is 1. The summed E-state index contributed by atoms with van der Waals surface area (Å²) in [6.45, 7) is 11.9. The van der Waals surface area contributed by atoms with Crippen LogP contribution in [-0.4, -0.2) is 27.5 Å². The maximum Gasteiger partial charge on any atom is 0.159 e. The second kappa shape index (κ2) is 8.69. The number of para-hydroxylation sites is 1. The first-order chi connectivity index (χ1) is 17.1. The van der Waals surface area contributed by atoms with Gasteiger partial charge in [0.15, 0.2) is 5.78 Å². The highest BCUT2D eigenvalue weighted by Gasteiger charge is 2.40. The molecule has 0 fully saturated rings. The summed E-state index contributed by atoms with van der Waals surface area (Å²) < 4.78 is 0. The van der Waals surface area contributed by atoms with Crippen molar-refractivity contribution in [1.82, 2.24) is 4.98 Å². The monoisotopic (exact) mass is 476 g/mol. The first-order valence-corrected chi connectivity index (χ1v) is 12.4. The van der Waals surface area contributed by atoms with E-state index < -0.39 is 11.6 Å². The minimum Gasteiger partial charge on any atom is -0.390 e. The Morgan fingerprint density at radius 3 is 2.50 bits per heavy atom. The van der Waals surface area contributed by atoms with Gasteiger partial charge in [0.1, 0.15) is 0 Å². The molecule has 0 bridgehead atoms. The summed E-state index contributed by atoms with van der Waals surface area (Å²) in [6, 6.07) is 16.0. The summed E-state index contributed by atoms with van der Waals surface area (Å²) >= 11 is 0. The van der Waals surface area contributed by atoms with Gasteiger partial charge >= 0.3 is 0 Å². The lowest BCUT2D eigenvalue weighted by molar-refractivity contribution is 0.0868. The van der Waals surface area contributed by atoms with Crippen molar-refractivity contribution < 1.29 is 9.90 Å². The van der Waals surface area contributed by atoms with Crippen LogP contribution < -0.4 is 5.32 Å². The number of carbonyl (C=O) groups excluding carboxylic acids is 1. The van der Waals surface area contributed by atoms with Crippen molar-refractivity contribution in [2.75, 3.05) is 5.32 Å². The fourth-order valence-corrected chi connectivity index (χ4v) is 5.46. The molecule has 0 radical (unpaired) electrons. The average molecular weight is 477 g/mol. The minimum absolute atomic E-state index is 0.0176. The predicted molar refractivity (Wildman–Crippen MR) is 148 cm³/mol. The third-order valence-corrected chi connectivity index (χ3v) is 7.49. The number of aromatic amines is 1. The van der Waals surface area contributed by atoms with Crippen LogP contribution in [0.3, 0.4) is 0 Å². The number of aryl methyl sites for hydroxylation is 2. The van der Waals surface area contributed by atoms with Gasteiger partial charge in [-0.2, -0.15) is 0 Å². The molecule has 1 aliphatic rings. The number of benzene rings is 3. The number of Topliss-reactive ketones (excluding diaryl/α,β-unsaturated/α-hetero) is 1. The van der Waals surface area contributed by atoms with Crippen LogP contribution in [-0.2, 0) is 0 Å². The molecule has 3 N–H and O–H groups in total. The van der Waals surface area contributed by atoms with Gasteiger partial charge in [0.05, 0.1) is 17.2 Å². The Hall–Kier alpha value is -3.81. The molecule has 0 aliphatic carbocycles. The molecule has 4 nitrogen and oxygen atoms in total. The molecule has 5 rings (SSSR count). The van der Waals surface area contributed by atoms with Crippen LogP contribution >= 0.6 is 0 Å². The van der Waals surface area contributed by atoms with Gasteiger partial charge < -0.3 is 15.4 Å². The summed E-state index contributed by atoms with van der Waals surface area (Å²) in [5, 5.41) is 16.0. The molecular weight excluding hydrogens is 444 g/mol. The highest BCUT2D eigenvalue weighted by molar-refractivity contribution is 5.98. The number of ketones is 1. The lowest BCUT2D eigenvalue weighted by atomic mass is 9.75. The van der Waals surface area contributed by atoms with E-state index in [-0.39, 0.29) is 11.7 Å². The summed E-state index contributed by atoms with van der Waals surface area (Å²) in [4.78, 5) is 15.4. The van der Waals surface area contributed by atoms with E-state index in [4.69, 9.17) is 0 Å². The van der Waals surface area contributed by atoms with Crippen LogP contribution in [0.2, 0.25) is 0 Å². The highest BCUT2D eigenvalue weighted by atomic mass is 16.3. The van der Waals surface area contributed by atoms with Crippen molar-refractivity contribution in [1.29, 1.82) is 0 Å². The first kappa shape index (κ1) is 23.9. The van der Waals surface area contributed by atoms with Gasteiger partial charge in [-0.1, -0.05) is 49.1 Å². The highest BCUT2D eigenvalue weighted by Crippen LogP contribution is 2.46. The molecule has 2 atom stereocenters. The Balaban J connectivity index is 1.81. The quantitative estimate of drug-likeness (QED) is 0.222. The van der Waals surface area contributed by atoms with Crippen LogP contribution in [0.15, 0.2) is 54.7 Å². The standard InChI is InChI=1S/C32H32N2O2/c1-18-15-27(26-12-8-11-24-19(2)17-33-30(24)26)25(14-13-22-9-7-10-23(16-22)21(4)35)28-20(3)31(36)32(5,6)34-29(18)28/h7-12,15-17,20,31,33-34,36H,1-6H3/t20-,31?/m0/s1. The van der Waals surface area contributed by atoms with Crippen LogP contribution in [0.4, 0.5) is 5.69 Å². The third-order valence-electron chi connectivity index (χ3n) is 7.49. The SMILES string of the molecule is CC(=O)c1cccc(C#Cc2c(-c3cccc4c(C)c[nH]c34)cc(C)c3c2[C@H](C)C(O)C(C)(C)N3)c1. The number of hydrogen-bond donors (Lipinski definition) is 3. The maximum atomic E-state index is 11.9. The zero-order valence-corrected chi connectivity index (χ0v) is 21.7. The lowest BCUT2D eigenvalue weighted by Gasteiger charge is -2.43. The van der Waals surface area contributed by atoms with Crippen molar-refractivity contribution in [2.45, 2.75) is 59.1 Å². The van der Waals surface area contributed by atoms with Crippen molar-refractivity contribution in [3.05, 3.63) is 88.1 Å². The smallest absolute Gasteiger partial charge is 0.159 e. The predicted octanol–water partition coefficient (Wildman–Crippen LogP) is 6.72. The van der Waals surface area contributed by atoms with E-state index in [1.165, 1.54) is 10.9 Å². The van der Waals surface area contributed by atoms with Crippen LogP contribution in [0.5, 0.6) is 0 Å². The zero-order valence-electron chi connectivity index (χ0n) is 21.7. The van der Waals surface area contributed by atoms with Gasteiger partial charge in [0.2, 0.25) is 0 Å². The normalized spacial score (nSPS) is 18.2. The molecule has 4 aromatic rings. The molecule has 182 valence electrons. The average Bonchev–Trinajstić information content (AvgIpc) is 3.23. The van der Waals surface area contributed by atoms with Gasteiger partial charge in [-0.15, -0.1) is 0 Å². The topological polar surface area (TPSA) is 65.1 Å². The first-order valence-electron chi connectivity index (χ1n) is 12.4. The zero-order chi connectivity index (χ0) is 25.8. The molecule has 0 spiro atoms. The molecule has 0 saturated carbocycles. The van der Waals surface area contributed by atoms with E-state index in [1.54, 1.807) is 6.92 Å². The number of anilines is 1. The van der Waals surface area contributed by atoms with E-state index >= 15 is 0 Å².